The van der Waals surface area contributed by atoms with Gasteiger partial charge in [0.15, 0.2) is 5.69 Å². The van der Waals surface area contributed by atoms with Crippen LogP contribution in [0.5, 0.6) is 5.75 Å². The van der Waals surface area contributed by atoms with Gasteiger partial charge in [0.1, 0.15) is 23.4 Å². The predicted octanol–water partition coefficient (Wildman–Crippen LogP) is 2.31. The van der Waals surface area contributed by atoms with E-state index in [9.17, 15) is 9.18 Å². The Balaban J connectivity index is 1.51. The van der Waals surface area contributed by atoms with Crippen molar-refractivity contribution < 1.29 is 18.6 Å². The molecule has 3 aromatic rings. The van der Waals surface area contributed by atoms with Crippen LogP contribution in [-0.2, 0) is 6.42 Å². The SMILES string of the molecule is Cc1nonc1C(=O)NCC1Cc2cc(F)cc(-c3ccccn3)c2O1. The predicted molar refractivity (Wildman–Crippen MR) is 89.1 cm³/mol. The zero-order valence-electron chi connectivity index (χ0n) is 13.9. The Kier molecular flexibility index (Phi) is 4.08. The monoisotopic (exact) mass is 354 g/mol. The lowest BCUT2D eigenvalue weighted by Gasteiger charge is -2.13. The van der Waals surface area contributed by atoms with E-state index in [2.05, 4.69) is 25.2 Å². The second kappa shape index (κ2) is 6.55. The fraction of sp³-hybridized carbons (Fsp3) is 0.222. The highest BCUT2D eigenvalue weighted by molar-refractivity contribution is 5.93. The summed E-state index contributed by atoms with van der Waals surface area (Å²) in [6, 6.07) is 8.29. The zero-order chi connectivity index (χ0) is 18.1. The molecule has 2 aromatic heterocycles. The van der Waals surface area contributed by atoms with Gasteiger partial charge in [-0.15, -0.1) is 0 Å². The summed E-state index contributed by atoms with van der Waals surface area (Å²) in [6.07, 6.45) is 1.83. The molecule has 7 nitrogen and oxygen atoms in total. The van der Waals surface area contributed by atoms with Crippen LogP contribution in [0.1, 0.15) is 21.7 Å². The fourth-order valence-corrected chi connectivity index (χ4v) is 2.95. The Labute approximate surface area is 148 Å². The quantitative estimate of drug-likeness (QED) is 0.773. The summed E-state index contributed by atoms with van der Waals surface area (Å²) in [7, 11) is 0. The lowest BCUT2D eigenvalue weighted by Crippen LogP contribution is -2.34. The molecule has 8 heteroatoms. The van der Waals surface area contributed by atoms with E-state index in [4.69, 9.17) is 4.74 Å². The van der Waals surface area contributed by atoms with E-state index in [0.29, 0.717) is 29.1 Å². The summed E-state index contributed by atoms with van der Waals surface area (Å²) < 4.78 is 24.5. The molecule has 1 unspecified atom stereocenters. The number of nitrogens with one attached hydrogen (secondary N) is 1. The first-order valence-electron chi connectivity index (χ1n) is 8.09. The van der Waals surface area contributed by atoms with Crippen molar-refractivity contribution in [2.75, 3.05) is 6.54 Å². The van der Waals surface area contributed by atoms with Crippen molar-refractivity contribution in [3.05, 3.63) is 59.3 Å². The van der Waals surface area contributed by atoms with Gasteiger partial charge in [-0.25, -0.2) is 9.02 Å². The first-order chi connectivity index (χ1) is 12.6. The molecule has 1 aliphatic heterocycles. The molecule has 3 heterocycles. The standard InChI is InChI=1S/C18H15FN4O3/c1-10-16(23-26-22-10)18(24)21-9-13-7-11-6-12(19)8-14(17(11)25-13)15-4-2-3-5-20-15/h2-6,8,13H,7,9H2,1H3,(H,21,24). The van der Waals surface area contributed by atoms with Crippen molar-refractivity contribution in [1.29, 1.82) is 0 Å². The Morgan fingerprint density at radius 2 is 2.23 bits per heavy atom. The molecule has 1 amide bonds. The van der Waals surface area contributed by atoms with Crippen molar-refractivity contribution >= 4 is 5.91 Å². The molecule has 1 aliphatic rings. The van der Waals surface area contributed by atoms with Gasteiger partial charge in [-0.05, 0) is 36.3 Å². The van der Waals surface area contributed by atoms with E-state index in [0.717, 1.165) is 5.56 Å². The van der Waals surface area contributed by atoms with E-state index in [1.54, 1.807) is 25.3 Å². The van der Waals surface area contributed by atoms with Crippen molar-refractivity contribution in [2.24, 2.45) is 0 Å². The minimum atomic E-state index is -0.389. The summed E-state index contributed by atoms with van der Waals surface area (Å²) in [6.45, 7) is 1.89. The van der Waals surface area contributed by atoms with E-state index in [1.165, 1.54) is 12.1 Å². The van der Waals surface area contributed by atoms with E-state index < -0.39 is 0 Å². The normalized spacial score (nSPS) is 15.4. The fourth-order valence-electron chi connectivity index (χ4n) is 2.95. The van der Waals surface area contributed by atoms with Crippen LogP contribution in [0, 0.1) is 12.7 Å². The van der Waals surface area contributed by atoms with E-state index in [1.807, 2.05) is 6.07 Å². The second-order valence-corrected chi connectivity index (χ2v) is 6.01. The largest absolute Gasteiger partial charge is 0.487 e. The minimum absolute atomic E-state index is 0.140. The number of rotatable bonds is 4. The van der Waals surface area contributed by atoms with Crippen molar-refractivity contribution in [1.82, 2.24) is 20.6 Å². The third kappa shape index (κ3) is 3.01. The molecule has 0 fully saturated rings. The molecular weight excluding hydrogens is 339 g/mol. The summed E-state index contributed by atoms with van der Waals surface area (Å²) >= 11 is 0. The number of amides is 1. The van der Waals surface area contributed by atoms with Gasteiger partial charge in [-0.2, -0.15) is 0 Å². The number of pyridine rings is 1. The maximum absolute atomic E-state index is 14.0. The number of carbonyl (C=O) groups is 1. The number of aryl methyl sites for hydroxylation is 1. The number of benzene rings is 1. The highest BCUT2D eigenvalue weighted by atomic mass is 19.1. The highest BCUT2D eigenvalue weighted by Gasteiger charge is 2.28. The maximum Gasteiger partial charge on any atom is 0.275 e. The average Bonchev–Trinajstić information content (AvgIpc) is 3.25. The third-order valence-electron chi connectivity index (χ3n) is 4.16. The molecule has 4 rings (SSSR count). The third-order valence-corrected chi connectivity index (χ3v) is 4.16. The minimum Gasteiger partial charge on any atom is -0.487 e. The Morgan fingerprint density at radius 3 is 2.96 bits per heavy atom. The summed E-state index contributed by atoms with van der Waals surface area (Å²) in [4.78, 5) is 16.4. The van der Waals surface area contributed by atoms with Gasteiger partial charge >= 0.3 is 0 Å². The van der Waals surface area contributed by atoms with Crippen LogP contribution in [-0.4, -0.2) is 33.9 Å². The molecule has 26 heavy (non-hydrogen) atoms. The van der Waals surface area contributed by atoms with Gasteiger partial charge in [0, 0.05) is 23.7 Å². The van der Waals surface area contributed by atoms with Gasteiger partial charge in [0.05, 0.1) is 12.2 Å². The molecular formula is C18H15FN4O3. The lowest BCUT2D eigenvalue weighted by atomic mass is 10.0. The van der Waals surface area contributed by atoms with E-state index in [-0.39, 0.29) is 30.1 Å². The molecule has 0 saturated carbocycles. The van der Waals surface area contributed by atoms with Gasteiger partial charge in [-0.1, -0.05) is 11.2 Å². The van der Waals surface area contributed by atoms with Crippen LogP contribution in [0.3, 0.4) is 0 Å². The topological polar surface area (TPSA) is 90.1 Å². The van der Waals surface area contributed by atoms with Gasteiger partial charge in [-0.3, -0.25) is 9.78 Å². The Bertz CT molecular complexity index is 958. The van der Waals surface area contributed by atoms with Gasteiger partial charge in [0.2, 0.25) is 0 Å². The molecule has 132 valence electrons. The molecule has 0 aliphatic carbocycles. The first-order valence-corrected chi connectivity index (χ1v) is 8.09. The van der Waals surface area contributed by atoms with Crippen LogP contribution in [0.15, 0.2) is 41.2 Å². The maximum atomic E-state index is 14.0. The van der Waals surface area contributed by atoms with Crippen LogP contribution in [0.25, 0.3) is 11.3 Å². The highest BCUT2D eigenvalue weighted by Crippen LogP contribution is 2.38. The van der Waals surface area contributed by atoms with Gasteiger partial charge in [0.25, 0.3) is 5.91 Å². The van der Waals surface area contributed by atoms with Crippen molar-refractivity contribution in [3.63, 3.8) is 0 Å². The summed E-state index contributed by atoms with van der Waals surface area (Å²) in [5.41, 5.74) is 2.55. The van der Waals surface area contributed by atoms with Crippen LogP contribution >= 0.6 is 0 Å². The van der Waals surface area contributed by atoms with Crippen LogP contribution in [0.4, 0.5) is 4.39 Å². The smallest absolute Gasteiger partial charge is 0.275 e. The number of fused-ring (bicyclic) bond motifs is 1. The molecule has 1 aromatic carbocycles. The summed E-state index contributed by atoms with van der Waals surface area (Å²) in [5, 5.41) is 9.89. The molecule has 1 atom stereocenters. The van der Waals surface area contributed by atoms with Crippen LogP contribution < -0.4 is 10.1 Å². The molecule has 0 bridgehead atoms. The van der Waals surface area contributed by atoms with Gasteiger partial charge < -0.3 is 10.1 Å². The number of ether oxygens (including phenoxy) is 1. The molecule has 0 saturated heterocycles. The number of halogens is 1. The first kappa shape index (κ1) is 16.2. The number of nitrogens with zero attached hydrogens (tertiary/aromatic N) is 3. The van der Waals surface area contributed by atoms with E-state index >= 15 is 0 Å². The zero-order valence-corrected chi connectivity index (χ0v) is 13.9. The number of hydrogen-bond acceptors (Lipinski definition) is 6. The van der Waals surface area contributed by atoms with Crippen molar-refractivity contribution in [3.8, 4) is 17.0 Å². The molecule has 1 N–H and O–H groups in total. The van der Waals surface area contributed by atoms with Crippen molar-refractivity contribution in [2.45, 2.75) is 19.4 Å². The Morgan fingerprint density at radius 1 is 1.35 bits per heavy atom. The second-order valence-electron chi connectivity index (χ2n) is 6.01. The Hall–Kier alpha value is -3.29. The molecule has 0 spiro atoms. The molecule has 0 radical (unpaired) electrons. The number of carbonyl (C=O) groups excluding carboxylic acids is 1. The lowest BCUT2D eigenvalue weighted by molar-refractivity contribution is 0.0923. The number of hydrogen-bond donors (Lipinski definition) is 1. The van der Waals surface area contributed by atoms with Crippen LogP contribution in [0.2, 0.25) is 0 Å². The number of aromatic nitrogens is 3. The summed E-state index contributed by atoms with van der Waals surface area (Å²) in [5.74, 6) is -0.134. The average molecular weight is 354 g/mol.